The molecule has 1 atom stereocenters. The highest BCUT2D eigenvalue weighted by atomic mass is 19.4. The molecule has 0 aliphatic carbocycles. The van der Waals surface area contributed by atoms with Crippen LogP contribution in [0, 0.1) is 17.2 Å². The standard InChI is InChI=1S/C58H57F3N10O9/c1-33(2)32-80-57(79)67-47-27-39(26-42-45(30-64-49(42)47)51(73)54(76)71-25-24-70(31-34(71)3)52(74)38-8-5-4-6-9-38)35-12-14-36(15-13-35)43(28-62)37-16-20-68(21-17-37)53(75)50(72)44-29-63-48-41(44)10-7-11-46(48)66-56(78)65-40-18-22-69(23-19-40)55(77)58(59,60)61/h4-15,26-27,29-30,33-34,40,63-64H,16-25,31-32H2,1-3H3,(H,67,79)(H2,65,66,78)/t34-/m1/s1. The molecule has 6 aromatic rings. The number of ether oxygens (including phenoxy) is 1. The van der Waals surface area contributed by atoms with Crippen molar-refractivity contribution >= 4 is 86.1 Å². The summed E-state index contributed by atoms with van der Waals surface area (Å²) in [5.41, 5.74) is 5.02. The molecule has 0 spiro atoms. The van der Waals surface area contributed by atoms with Crippen LogP contribution in [0.5, 0.6) is 0 Å². The zero-order valence-corrected chi connectivity index (χ0v) is 44.0. The first-order valence-electron chi connectivity index (χ1n) is 26.2. The van der Waals surface area contributed by atoms with Gasteiger partial charge >= 0.3 is 24.2 Å². The van der Waals surface area contributed by atoms with E-state index in [9.17, 15) is 56.8 Å². The molecule has 0 saturated carbocycles. The molecule has 0 radical (unpaired) electrons. The van der Waals surface area contributed by atoms with E-state index in [4.69, 9.17) is 4.74 Å². The molecule has 2 aromatic heterocycles. The van der Waals surface area contributed by atoms with Crippen LogP contribution in [-0.4, -0.2) is 148 Å². The number of urea groups is 1. The summed E-state index contributed by atoms with van der Waals surface area (Å²) < 4.78 is 44.1. The summed E-state index contributed by atoms with van der Waals surface area (Å²) in [6, 6.07) is 24.9. The maximum atomic E-state index is 14.2. The number of carbonyl (C=O) groups excluding carboxylic acids is 8. The van der Waals surface area contributed by atoms with Crippen LogP contribution in [0.2, 0.25) is 0 Å². The van der Waals surface area contributed by atoms with Crippen LogP contribution >= 0.6 is 0 Å². The zero-order chi connectivity index (χ0) is 57.0. The Morgan fingerprint density at radius 3 is 1.99 bits per heavy atom. The summed E-state index contributed by atoms with van der Waals surface area (Å²) in [4.78, 5) is 118. The van der Waals surface area contributed by atoms with Crippen molar-refractivity contribution < 1.29 is 56.3 Å². The normalized spacial score (nSPS) is 16.1. The number of rotatable bonds is 12. The second-order valence-electron chi connectivity index (χ2n) is 20.4. The van der Waals surface area contributed by atoms with E-state index in [1.165, 1.54) is 22.2 Å². The maximum Gasteiger partial charge on any atom is 0.471 e. The van der Waals surface area contributed by atoms with Crippen molar-refractivity contribution in [2.75, 3.05) is 63.1 Å². The highest BCUT2D eigenvalue weighted by molar-refractivity contribution is 6.45. The molecule has 0 unspecified atom stereocenters. The number of nitrogens with zero attached hydrogens (tertiary/aromatic N) is 5. The average molecular weight is 1100 g/mol. The molecule has 3 saturated heterocycles. The number of H-pyrrole nitrogens is 2. The molecule has 3 aliphatic rings. The van der Waals surface area contributed by atoms with Gasteiger partial charge in [0.1, 0.15) is 0 Å². The van der Waals surface area contributed by atoms with Crippen molar-refractivity contribution in [3.63, 3.8) is 0 Å². The number of anilines is 2. The number of nitrogens with one attached hydrogen (secondary N) is 5. The lowest BCUT2D eigenvalue weighted by atomic mass is 9.92. The number of benzene rings is 4. The van der Waals surface area contributed by atoms with Crippen molar-refractivity contribution in [1.29, 1.82) is 5.26 Å². The van der Waals surface area contributed by atoms with Crippen LogP contribution in [0.25, 0.3) is 38.5 Å². The van der Waals surface area contributed by atoms with Gasteiger partial charge in [0.15, 0.2) is 0 Å². The molecule has 4 aromatic carbocycles. The molecule has 9 rings (SSSR count). The Hall–Kier alpha value is -9.26. The van der Waals surface area contributed by atoms with Gasteiger partial charge in [0.2, 0.25) is 0 Å². The number of carbonyl (C=O) groups is 8. The third-order valence-electron chi connectivity index (χ3n) is 14.6. The van der Waals surface area contributed by atoms with Crippen LogP contribution in [0.1, 0.15) is 83.1 Å². The first kappa shape index (κ1) is 55.5. The average Bonchev–Trinajstić information content (AvgIpc) is 4.12. The third-order valence-corrected chi connectivity index (χ3v) is 14.6. The van der Waals surface area contributed by atoms with Crippen molar-refractivity contribution in [3.05, 3.63) is 125 Å². The number of alkyl halides is 3. The minimum absolute atomic E-state index is 0.0600. The number of hydrogen-bond acceptors (Lipinski definition) is 10. The first-order chi connectivity index (χ1) is 38.3. The van der Waals surface area contributed by atoms with Crippen molar-refractivity contribution in [1.82, 2.24) is 34.9 Å². The summed E-state index contributed by atoms with van der Waals surface area (Å²) in [5.74, 6) is -5.06. The second-order valence-corrected chi connectivity index (χ2v) is 20.4. The molecule has 22 heteroatoms. The number of piperidine rings is 2. The topological polar surface area (TPSA) is 250 Å². The number of allylic oxidation sites excluding steroid dienone is 1. The number of piperazine rings is 1. The molecule has 414 valence electrons. The number of halogens is 3. The fraction of sp³-hybridized carbons (Fsp3) is 0.328. The highest BCUT2D eigenvalue weighted by Gasteiger charge is 2.43. The van der Waals surface area contributed by atoms with Gasteiger partial charge in [-0.05, 0) is 91.1 Å². The summed E-state index contributed by atoms with van der Waals surface area (Å²) in [6.07, 6.45) is -2.03. The van der Waals surface area contributed by atoms with Gasteiger partial charge in [0.05, 0.1) is 51.8 Å². The molecular weight excluding hydrogens is 1040 g/mol. The predicted molar refractivity (Wildman–Crippen MR) is 290 cm³/mol. The van der Waals surface area contributed by atoms with Gasteiger partial charge in [-0.2, -0.15) is 18.4 Å². The number of aromatic nitrogens is 2. The van der Waals surface area contributed by atoms with Gasteiger partial charge in [-0.3, -0.25) is 34.1 Å². The van der Waals surface area contributed by atoms with E-state index in [0.29, 0.717) is 73.1 Å². The van der Waals surface area contributed by atoms with Gasteiger partial charge < -0.3 is 44.9 Å². The van der Waals surface area contributed by atoms with E-state index < -0.39 is 59.7 Å². The number of fused-ring (bicyclic) bond motifs is 2. The minimum atomic E-state index is -4.98. The van der Waals surface area contributed by atoms with E-state index in [2.05, 4.69) is 32.0 Å². The zero-order valence-electron chi connectivity index (χ0n) is 44.0. The largest absolute Gasteiger partial charge is 0.471 e. The smallest absolute Gasteiger partial charge is 0.449 e. The highest BCUT2D eigenvalue weighted by Crippen LogP contribution is 2.36. The fourth-order valence-corrected chi connectivity index (χ4v) is 10.4. The van der Waals surface area contributed by atoms with Crippen LogP contribution in [0.15, 0.2) is 103 Å². The summed E-state index contributed by atoms with van der Waals surface area (Å²) in [5, 5.41) is 19.4. The third kappa shape index (κ3) is 11.9. The summed E-state index contributed by atoms with van der Waals surface area (Å²) >= 11 is 0. The van der Waals surface area contributed by atoms with Gasteiger partial charge in [0.25, 0.3) is 29.3 Å². The quantitative estimate of drug-likeness (QED) is 0.0444. The Morgan fingerprint density at radius 1 is 0.700 bits per heavy atom. The monoisotopic (exact) mass is 1090 g/mol. The van der Waals surface area contributed by atoms with E-state index in [0.717, 1.165) is 5.57 Å². The minimum Gasteiger partial charge on any atom is -0.449 e. The molecule has 0 bridgehead atoms. The van der Waals surface area contributed by atoms with Crippen LogP contribution in [-0.2, 0) is 19.1 Å². The molecule has 7 amide bonds. The lowest BCUT2D eigenvalue weighted by Gasteiger charge is -2.39. The van der Waals surface area contributed by atoms with E-state index in [1.807, 2.05) is 19.9 Å². The van der Waals surface area contributed by atoms with Gasteiger partial charge in [0, 0.05) is 86.6 Å². The van der Waals surface area contributed by atoms with Crippen LogP contribution in [0.3, 0.4) is 0 Å². The maximum absolute atomic E-state index is 14.2. The summed E-state index contributed by atoms with van der Waals surface area (Å²) in [6.45, 7) is 6.32. The van der Waals surface area contributed by atoms with Crippen LogP contribution in [0.4, 0.5) is 34.1 Å². The fourth-order valence-electron chi connectivity index (χ4n) is 10.4. The Morgan fingerprint density at radius 2 is 1.35 bits per heavy atom. The Balaban J connectivity index is 0.863. The van der Waals surface area contributed by atoms with E-state index >= 15 is 0 Å². The van der Waals surface area contributed by atoms with Crippen molar-refractivity contribution in [2.24, 2.45) is 5.92 Å². The van der Waals surface area contributed by atoms with Gasteiger partial charge in [-0.1, -0.05) is 68.4 Å². The summed E-state index contributed by atoms with van der Waals surface area (Å²) in [7, 11) is 0. The molecule has 19 nitrogen and oxygen atoms in total. The molecule has 80 heavy (non-hydrogen) atoms. The molecule has 5 heterocycles. The Bertz CT molecular complexity index is 3490. The number of hydrogen-bond donors (Lipinski definition) is 5. The number of ketones is 2. The Kier molecular flexibility index (Phi) is 16.2. The molecule has 3 aliphatic heterocycles. The lowest BCUT2D eigenvalue weighted by molar-refractivity contribution is -0.186. The number of aromatic amines is 2. The second kappa shape index (κ2) is 23.4. The molecular formula is C58H57F3N10O9. The molecule has 5 N–H and O–H groups in total. The van der Waals surface area contributed by atoms with Gasteiger partial charge in [-0.25, -0.2) is 9.59 Å². The van der Waals surface area contributed by atoms with Crippen molar-refractivity contribution in [2.45, 2.75) is 64.7 Å². The van der Waals surface area contributed by atoms with Crippen LogP contribution < -0.4 is 16.0 Å². The van der Waals surface area contributed by atoms with Gasteiger partial charge in [-0.15, -0.1) is 0 Å². The number of likely N-dealkylation sites (tertiary alicyclic amines) is 2. The number of para-hydroxylation sites is 1. The van der Waals surface area contributed by atoms with Crippen molar-refractivity contribution in [3.8, 4) is 17.2 Å². The predicted octanol–water partition coefficient (Wildman–Crippen LogP) is 8.53. The van der Waals surface area contributed by atoms with E-state index in [1.54, 1.807) is 90.7 Å². The Labute approximate surface area is 457 Å². The number of Topliss-reactive ketones (excluding diaryl/α,β-unsaturated/α-hetero) is 2. The number of nitriles is 1. The SMILES string of the molecule is CC(C)COC(=O)Nc1cc(-c2ccc(C(C#N)=C3CCN(C(=O)C(=O)c4c[nH]c5c(NC(=O)NC6CCN(C(=O)C(F)(F)F)CC6)cccc45)CC3)cc2)cc2c(C(=O)C(=O)N3CCN(C(=O)c4ccccc4)C[C@H]3C)c[nH]c12. The van der Waals surface area contributed by atoms with E-state index in [-0.39, 0.29) is 93.9 Å². The lowest BCUT2D eigenvalue weighted by Crippen LogP contribution is -2.56. The first-order valence-corrected chi connectivity index (χ1v) is 26.2. The molecule has 3 fully saturated rings. The number of amides is 7.